The standard InChI is InChI=1S/C20H16F2N6O2/c1-12-25-17(16-4-2-3-7-23-16)9-18-26-27(20(30)28(12)18)11-19(29)24-10-13-5-6-14(21)8-15(13)22/h2-9H,10-11H2,1H3,(H,24,29). The monoisotopic (exact) mass is 410 g/mol. The molecule has 3 heterocycles. The molecule has 0 saturated carbocycles. The zero-order valence-electron chi connectivity index (χ0n) is 15.8. The molecule has 4 aromatic rings. The van der Waals surface area contributed by atoms with Crippen molar-refractivity contribution in [2.24, 2.45) is 0 Å². The maximum atomic E-state index is 13.7. The van der Waals surface area contributed by atoms with E-state index in [1.54, 1.807) is 31.3 Å². The van der Waals surface area contributed by atoms with Crippen molar-refractivity contribution in [3.8, 4) is 11.4 Å². The minimum Gasteiger partial charge on any atom is -0.350 e. The number of aryl methyl sites for hydroxylation is 1. The summed E-state index contributed by atoms with van der Waals surface area (Å²) in [7, 11) is 0. The quantitative estimate of drug-likeness (QED) is 0.542. The summed E-state index contributed by atoms with van der Waals surface area (Å²) in [5.41, 5.74) is 1.11. The van der Waals surface area contributed by atoms with E-state index in [2.05, 4.69) is 20.4 Å². The van der Waals surface area contributed by atoms with Crippen molar-refractivity contribution in [3.05, 3.63) is 82.2 Å². The van der Waals surface area contributed by atoms with Crippen LogP contribution in [0.15, 0.2) is 53.5 Å². The van der Waals surface area contributed by atoms with Crippen LogP contribution in [0.3, 0.4) is 0 Å². The molecule has 8 nitrogen and oxygen atoms in total. The molecule has 0 radical (unpaired) electrons. The molecule has 10 heteroatoms. The van der Waals surface area contributed by atoms with Crippen LogP contribution in [0.4, 0.5) is 8.78 Å². The molecule has 0 spiro atoms. The SMILES string of the molecule is Cc1nc(-c2ccccn2)cc2nn(CC(=O)NCc3ccc(F)cc3F)c(=O)n12. The Labute approximate surface area is 168 Å². The number of fused-ring (bicyclic) bond motifs is 1. The van der Waals surface area contributed by atoms with Crippen molar-refractivity contribution in [1.29, 1.82) is 0 Å². The molecule has 0 aliphatic heterocycles. The lowest BCUT2D eigenvalue weighted by Crippen LogP contribution is -2.33. The van der Waals surface area contributed by atoms with E-state index in [9.17, 15) is 18.4 Å². The molecular weight excluding hydrogens is 394 g/mol. The smallest absolute Gasteiger partial charge is 0.350 e. The van der Waals surface area contributed by atoms with E-state index in [0.717, 1.165) is 16.8 Å². The molecule has 0 bridgehead atoms. The molecule has 1 N–H and O–H groups in total. The van der Waals surface area contributed by atoms with Crippen molar-refractivity contribution >= 4 is 11.6 Å². The third-order valence-electron chi connectivity index (χ3n) is 4.45. The van der Waals surface area contributed by atoms with E-state index in [0.29, 0.717) is 22.9 Å². The number of pyridine rings is 1. The minimum atomic E-state index is -0.760. The summed E-state index contributed by atoms with van der Waals surface area (Å²) in [6.07, 6.45) is 1.63. The van der Waals surface area contributed by atoms with Gasteiger partial charge in [-0.25, -0.2) is 27.6 Å². The zero-order chi connectivity index (χ0) is 21.3. The summed E-state index contributed by atoms with van der Waals surface area (Å²) in [6.45, 7) is 1.16. The van der Waals surface area contributed by atoms with Crippen LogP contribution in [0.2, 0.25) is 0 Å². The number of amides is 1. The number of rotatable bonds is 5. The topological polar surface area (TPSA) is 94.2 Å². The van der Waals surface area contributed by atoms with Gasteiger partial charge in [-0.1, -0.05) is 12.1 Å². The molecule has 1 aromatic carbocycles. The first-order valence-corrected chi connectivity index (χ1v) is 9.01. The second-order valence-electron chi connectivity index (χ2n) is 6.55. The fourth-order valence-corrected chi connectivity index (χ4v) is 3.00. The number of benzene rings is 1. The van der Waals surface area contributed by atoms with Crippen molar-refractivity contribution in [1.82, 2.24) is 29.5 Å². The third kappa shape index (κ3) is 3.79. The van der Waals surface area contributed by atoms with Gasteiger partial charge in [-0.05, 0) is 25.1 Å². The molecule has 0 aliphatic carbocycles. The van der Waals surface area contributed by atoms with Crippen molar-refractivity contribution in [2.45, 2.75) is 20.0 Å². The highest BCUT2D eigenvalue weighted by molar-refractivity contribution is 5.75. The lowest BCUT2D eigenvalue weighted by molar-refractivity contribution is -0.122. The molecule has 4 rings (SSSR count). The van der Waals surface area contributed by atoms with E-state index in [1.165, 1.54) is 10.5 Å². The van der Waals surface area contributed by atoms with Crippen molar-refractivity contribution in [3.63, 3.8) is 0 Å². The molecule has 0 aliphatic rings. The summed E-state index contributed by atoms with van der Waals surface area (Å²) in [6, 6.07) is 10.1. The maximum Gasteiger partial charge on any atom is 0.352 e. The predicted octanol–water partition coefficient (Wildman–Crippen LogP) is 1.86. The number of nitrogens with zero attached hydrogens (tertiary/aromatic N) is 5. The van der Waals surface area contributed by atoms with Crippen LogP contribution in [0, 0.1) is 18.6 Å². The fourth-order valence-electron chi connectivity index (χ4n) is 3.00. The van der Waals surface area contributed by atoms with E-state index in [1.807, 2.05) is 6.07 Å². The zero-order valence-corrected chi connectivity index (χ0v) is 15.8. The number of nitrogens with one attached hydrogen (secondary N) is 1. The summed E-state index contributed by atoms with van der Waals surface area (Å²) in [4.78, 5) is 33.5. The molecule has 0 atom stereocenters. The minimum absolute atomic E-state index is 0.132. The van der Waals surface area contributed by atoms with E-state index >= 15 is 0 Å². The number of halogens is 2. The first-order chi connectivity index (χ1) is 14.4. The third-order valence-corrected chi connectivity index (χ3v) is 4.45. The summed E-state index contributed by atoms with van der Waals surface area (Å²) < 4.78 is 28.9. The number of carbonyl (C=O) groups excluding carboxylic acids is 1. The van der Waals surface area contributed by atoms with Gasteiger partial charge in [0.25, 0.3) is 0 Å². The second-order valence-corrected chi connectivity index (χ2v) is 6.55. The van der Waals surface area contributed by atoms with E-state index < -0.39 is 23.2 Å². The van der Waals surface area contributed by atoms with Crippen LogP contribution in [-0.4, -0.2) is 30.1 Å². The lowest BCUT2D eigenvalue weighted by atomic mass is 10.2. The molecule has 1 amide bonds. The molecule has 0 saturated heterocycles. The summed E-state index contributed by atoms with van der Waals surface area (Å²) in [5, 5.41) is 6.69. The number of carbonyl (C=O) groups is 1. The van der Waals surface area contributed by atoms with Crippen LogP contribution in [0.1, 0.15) is 11.4 Å². The summed E-state index contributed by atoms with van der Waals surface area (Å²) >= 11 is 0. The lowest BCUT2D eigenvalue weighted by Gasteiger charge is -2.06. The van der Waals surface area contributed by atoms with Gasteiger partial charge in [0, 0.05) is 30.4 Å². The number of hydrogen-bond donors (Lipinski definition) is 1. The maximum absolute atomic E-state index is 13.7. The van der Waals surface area contributed by atoms with Crippen LogP contribution in [0.5, 0.6) is 0 Å². The van der Waals surface area contributed by atoms with Crippen LogP contribution >= 0.6 is 0 Å². The average Bonchev–Trinajstić information content (AvgIpc) is 3.03. The Bertz CT molecular complexity index is 1300. The van der Waals surface area contributed by atoms with Gasteiger partial charge in [0.2, 0.25) is 5.91 Å². The predicted molar refractivity (Wildman–Crippen MR) is 103 cm³/mol. The Morgan fingerprint density at radius 3 is 2.70 bits per heavy atom. The van der Waals surface area contributed by atoms with Gasteiger partial charge in [0.05, 0.1) is 11.4 Å². The largest absolute Gasteiger partial charge is 0.352 e. The van der Waals surface area contributed by atoms with E-state index in [-0.39, 0.29) is 18.7 Å². The molecule has 152 valence electrons. The Morgan fingerprint density at radius 2 is 1.97 bits per heavy atom. The Kier molecular flexibility index (Phi) is 5.05. The first-order valence-electron chi connectivity index (χ1n) is 9.01. The fraction of sp³-hybridized carbons (Fsp3) is 0.150. The molecule has 3 aromatic heterocycles. The highest BCUT2D eigenvalue weighted by Gasteiger charge is 2.15. The van der Waals surface area contributed by atoms with Crippen molar-refractivity contribution in [2.75, 3.05) is 0 Å². The highest BCUT2D eigenvalue weighted by atomic mass is 19.1. The normalized spacial score (nSPS) is 11.0. The van der Waals surface area contributed by atoms with Gasteiger partial charge >= 0.3 is 5.69 Å². The van der Waals surface area contributed by atoms with Gasteiger partial charge in [-0.3, -0.25) is 9.78 Å². The average molecular weight is 410 g/mol. The van der Waals surface area contributed by atoms with Crippen molar-refractivity contribution < 1.29 is 13.6 Å². The Balaban J connectivity index is 1.55. The van der Waals surface area contributed by atoms with Gasteiger partial charge in [0.15, 0.2) is 5.65 Å². The molecular formula is C20H16F2N6O2. The molecule has 0 fully saturated rings. The Hall–Kier alpha value is -3.95. The second kappa shape index (κ2) is 7.82. The first kappa shape index (κ1) is 19.4. The van der Waals surface area contributed by atoms with Gasteiger partial charge in [-0.15, -0.1) is 5.10 Å². The van der Waals surface area contributed by atoms with Gasteiger partial charge in [0.1, 0.15) is 24.0 Å². The Morgan fingerprint density at radius 1 is 1.13 bits per heavy atom. The van der Waals surface area contributed by atoms with Crippen LogP contribution in [0.25, 0.3) is 17.0 Å². The van der Waals surface area contributed by atoms with Gasteiger partial charge in [-0.2, -0.15) is 0 Å². The van der Waals surface area contributed by atoms with Crippen LogP contribution in [-0.2, 0) is 17.9 Å². The van der Waals surface area contributed by atoms with E-state index in [4.69, 9.17) is 0 Å². The molecule has 30 heavy (non-hydrogen) atoms. The number of hydrogen-bond acceptors (Lipinski definition) is 5. The summed E-state index contributed by atoms with van der Waals surface area (Å²) in [5.74, 6) is -1.60. The number of aromatic nitrogens is 5. The molecule has 0 unspecified atom stereocenters. The van der Waals surface area contributed by atoms with Crippen LogP contribution < -0.4 is 11.0 Å². The highest BCUT2D eigenvalue weighted by Crippen LogP contribution is 2.15. The van der Waals surface area contributed by atoms with Gasteiger partial charge < -0.3 is 5.32 Å².